The van der Waals surface area contributed by atoms with Crippen molar-refractivity contribution in [3.63, 3.8) is 0 Å². The van der Waals surface area contributed by atoms with Gasteiger partial charge in [-0.25, -0.2) is 0 Å². The smallest absolute Gasteiger partial charge is 0.243 e. The van der Waals surface area contributed by atoms with E-state index in [1.807, 2.05) is 115 Å². The quantitative estimate of drug-likeness (QED) is 0.249. The number of nitrogens with one attached hydrogen (secondary N) is 1. The summed E-state index contributed by atoms with van der Waals surface area (Å²) < 4.78 is 5.24. The van der Waals surface area contributed by atoms with Crippen molar-refractivity contribution in [3.8, 4) is 5.75 Å². The molecule has 4 rings (SSSR count). The second-order valence-electron chi connectivity index (χ2n) is 9.59. The number of hydrogen-bond donors (Lipinski definition) is 1. The van der Waals surface area contributed by atoms with Gasteiger partial charge in [-0.2, -0.15) is 0 Å². The van der Waals surface area contributed by atoms with Crippen LogP contribution >= 0.6 is 0 Å². The molecule has 0 bridgehead atoms. The lowest BCUT2D eigenvalue weighted by molar-refractivity contribution is -0.141. The number of carbonyl (C=O) groups excluding carboxylic acids is 2. The Balaban J connectivity index is 1.53. The van der Waals surface area contributed by atoms with Crippen LogP contribution in [0, 0.1) is 0 Å². The molecular formula is C34H36N2O3. The molecule has 0 aromatic heterocycles. The van der Waals surface area contributed by atoms with Gasteiger partial charge in [-0.05, 0) is 47.2 Å². The van der Waals surface area contributed by atoms with Crippen LogP contribution in [0.3, 0.4) is 0 Å². The second-order valence-corrected chi connectivity index (χ2v) is 9.59. The average molecular weight is 521 g/mol. The molecular weight excluding hydrogens is 484 g/mol. The predicted molar refractivity (Wildman–Crippen MR) is 155 cm³/mol. The number of amides is 2. The highest BCUT2D eigenvalue weighted by Gasteiger charge is 2.30. The van der Waals surface area contributed by atoms with Crippen LogP contribution in [0.15, 0.2) is 115 Å². The third-order valence-electron chi connectivity index (χ3n) is 6.81. The predicted octanol–water partition coefficient (Wildman–Crippen LogP) is 5.63. The minimum atomic E-state index is -0.633. The van der Waals surface area contributed by atoms with Crippen LogP contribution < -0.4 is 10.1 Å². The van der Waals surface area contributed by atoms with Crippen molar-refractivity contribution in [2.45, 2.75) is 38.3 Å². The third kappa shape index (κ3) is 8.57. The van der Waals surface area contributed by atoms with Gasteiger partial charge < -0.3 is 15.0 Å². The Hall–Kier alpha value is -4.38. The van der Waals surface area contributed by atoms with Gasteiger partial charge in [0, 0.05) is 25.9 Å². The first-order valence-electron chi connectivity index (χ1n) is 13.4. The zero-order valence-corrected chi connectivity index (χ0v) is 22.5. The SMILES string of the molecule is COc1ccc(CCNC(=O)[C@H](Cc2ccccc2)N(Cc2ccccc2)C(=O)CCc2ccccc2)cc1. The fraction of sp³-hybridized carbons (Fsp3) is 0.235. The van der Waals surface area contributed by atoms with Crippen molar-refractivity contribution in [2.75, 3.05) is 13.7 Å². The molecule has 4 aromatic rings. The number of aryl methyl sites for hydroxylation is 1. The number of benzene rings is 4. The normalized spacial score (nSPS) is 11.4. The molecule has 0 saturated heterocycles. The van der Waals surface area contributed by atoms with Gasteiger partial charge in [-0.3, -0.25) is 9.59 Å². The standard InChI is InChI=1S/C34H36N2O3/c1-39-31-20-17-28(18-21-31)23-24-35-34(38)32(25-29-13-7-3-8-14-29)36(26-30-15-9-4-10-16-30)33(37)22-19-27-11-5-2-6-12-27/h2-18,20-21,32H,19,22-26H2,1H3,(H,35,38)/t32-/m0/s1. The summed E-state index contributed by atoms with van der Waals surface area (Å²) >= 11 is 0. The minimum Gasteiger partial charge on any atom is -0.497 e. The topological polar surface area (TPSA) is 58.6 Å². The maximum atomic E-state index is 13.7. The van der Waals surface area contributed by atoms with E-state index in [4.69, 9.17) is 4.74 Å². The van der Waals surface area contributed by atoms with E-state index in [2.05, 4.69) is 5.32 Å². The first kappa shape index (κ1) is 27.6. The highest BCUT2D eigenvalue weighted by molar-refractivity contribution is 5.88. The van der Waals surface area contributed by atoms with Gasteiger partial charge >= 0.3 is 0 Å². The molecule has 0 saturated carbocycles. The van der Waals surface area contributed by atoms with E-state index < -0.39 is 6.04 Å². The van der Waals surface area contributed by atoms with Gasteiger partial charge in [0.15, 0.2) is 0 Å². The molecule has 5 heteroatoms. The maximum absolute atomic E-state index is 13.7. The van der Waals surface area contributed by atoms with Gasteiger partial charge in [0.25, 0.3) is 0 Å². The van der Waals surface area contributed by atoms with Crippen LogP contribution in [0.4, 0.5) is 0 Å². The van der Waals surface area contributed by atoms with Gasteiger partial charge in [-0.15, -0.1) is 0 Å². The Bertz CT molecular complexity index is 1290. The molecule has 5 nitrogen and oxygen atoms in total. The molecule has 1 atom stereocenters. The number of rotatable bonds is 13. The van der Waals surface area contributed by atoms with Gasteiger partial charge in [0.05, 0.1) is 7.11 Å². The van der Waals surface area contributed by atoms with Crippen molar-refractivity contribution in [1.82, 2.24) is 10.2 Å². The van der Waals surface area contributed by atoms with Crippen molar-refractivity contribution < 1.29 is 14.3 Å². The van der Waals surface area contributed by atoms with Crippen LogP contribution in [0.2, 0.25) is 0 Å². The molecule has 0 radical (unpaired) electrons. The molecule has 39 heavy (non-hydrogen) atoms. The summed E-state index contributed by atoms with van der Waals surface area (Å²) in [5.74, 6) is 0.626. The average Bonchev–Trinajstić information content (AvgIpc) is 2.99. The first-order valence-corrected chi connectivity index (χ1v) is 13.4. The molecule has 0 unspecified atom stereocenters. The van der Waals surface area contributed by atoms with Crippen LogP contribution in [0.1, 0.15) is 28.7 Å². The van der Waals surface area contributed by atoms with Crippen LogP contribution in [-0.2, 0) is 35.4 Å². The number of nitrogens with zero attached hydrogens (tertiary/aromatic N) is 1. The van der Waals surface area contributed by atoms with Gasteiger partial charge in [0.1, 0.15) is 11.8 Å². The fourth-order valence-electron chi connectivity index (χ4n) is 4.61. The number of hydrogen-bond acceptors (Lipinski definition) is 3. The van der Waals surface area contributed by atoms with E-state index in [0.29, 0.717) is 38.8 Å². The summed E-state index contributed by atoms with van der Waals surface area (Å²) in [6.45, 7) is 0.853. The van der Waals surface area contributed by atoms with E-state index in [1.165, 1.54) is 0 Å². The highest BCUT2D eigenvalue weighted by Crippen LogP contribution is 2.17. The van der Waals surface area contributed by atoms with Gasteiger partial charge in [0.2, 0.25) is 11.8 Å². The lowest BCUT2D eigenvalue weighted by atomic mass is 10.0. The third-order valence-corrected chi connectivity index (χ3v) is 6.81. The Labute approximate surface area is 231 Å². The molecule has 0 spiro atoms. The summed E-state index contributed by atoms with van der Waals surface area (Å²) in [4.78, 5) is 29.2. The second kappa shape index (κ2) is 14.5. The van der Waals surface area contributed by atoms with Gasteiger partial charge in [-0.1, -0.05) is 103 Å². The summed E-state index contributed by atoms with van der Waals surface area (Å²) in [6.07, 6.45) is 2.09. The van der Waals surface area contributed by atoms with E-state index in [9.17, 15) is 9.59 Å². The minimum absolute atomic E-state index is 0.0334. The number of methoxy groups -OCH3 is 1. The van der Waals surface area contributed by atoms with Crippen LogP contribution in [0.25, 0.3) is 0 Å². The number of carbonyl (C=O) groups is 2. The lowest BCUT2D eigenvalue weighted by Gasteiger charge is -2.31. The van der Waals surface area contributed by atoms with Crippen LogP contribution in [-0.4, -0.2) is 36.4 Å². The largest absolute Gasteiger partial charge is 0.497 e. The molecule has 0 aliphatic rings. The molecule has 0 aliphatic heterocycles. The molecule has 0 aliphatic carbocycles. The van der Waals surface area contributed by atoms with Crippen molar-refractivity contribution in [3.05, 3.63) is 138 Å². The van der Waals surface area contributed by atoms with E-state index in [0.717, 1.165) is 28.0 Å². The summed E-state index contributed by atoms with van der Waals surface area (Å²) in [5, 5.41) is 3.11. The molecule has 0 fully saturated rings. The Kier molecular flexibility index (Phi) is 10.3. The molecule has 4 aromatic carbocycles. The summed E-state index contributed by atoms with van der Waals surface area (Å²) in [7, 11) is 1.64. The Morgan fingerprint density at radius 1 is 0.692 bits per heavy atom. The maximum Gasteiger partial charge on any atom is 0.243 e. The molecule has 0 heterocycles. The molecule has 2 amide bonds. The monoisotopic (exact) mass is 520 g/mol. The summed E-state index contributed by atoms with van der Waals surface area (Å²) in [6, 6.07) is 37.0. The summed E-state index contributed by atoms with van der Waals surface area (Å²) in [5.41, 5.74) is 4.22. The Morgan fingerprint density at radius 2 is 1.23 bits per heavy atom. The zero-order chi connectivity index (χ0) is 27.3. The van der Waals surface area contributed by atoms with E-state index in [-0.39, 0.29) is 11.8 Å². The van der Waals surface area contributed by atoms with Crippen LogP contribution in [0.5, 0.6) is 5.75 Å². The van der Waals surface area contributed by atoms with Crippen molar-refractivity contribution in [2.24, 2.45) is 0 Å². The molecule has 1 N–H and O–H groups in total. The zero-order valence-electron chi connectivity index (χ0n) is 22.5. The lowest BCUT2D eigenvalue weighted by Crippen LogP contribution is -2.50. The fourth-order valence-corrected chi connectivity index (χ4v) is 4.61. The van der Waals surface area contributed by atoms with E-state index >= 15 is 0 Å². The molecule has 200 valence electrons. The Morgan fingerprint density at radius 3 is 1.82 bits per heavy atom. The van der Waals surface area contributed by atoms with Crippen molar-refractivity contribution >= 4 is 11.8 Å². The van der Waals surface area contributed by atoms with Crippen molar-refractivity contribution in [1.29, 1.82) is 0 Å². The number of ether oxygens (including phenoxy) is 1. The highest BCUT2D eigenvalue weighted by atomic mass is 16.5. The first-order chi connectivity index (χ1) is 19.1. The van der Waals surface area contributed by atoms with E-state index in [1.54, 1.807) is 12.0 Å².